The molecule has 0 atom stereocenters. The highest BCUT2D eigenvalue weighted by molar-refractivity contribution is 6.14. The van der Waals surface area contributed by atoms with Crippen LogP contribution < -0.4 is 0 Å². The van der Waals surface area contributed by atoms with Crippen molar-refractivity contribution in [2.24, 2.45) is 0 Å². The van der Waals surface area contributed by atoms with Crippen molar-refractivity contribution in [3.05, 3.63) is 121 Å². The molecule has 7 aromatic rings. The molecule has 1 nitrogen and oxygen atoms in total. The Balaban J connectivity index is 1.41. The predicted molar refractivity (Wildman–Crippen MR) is 144 cm³/mol. The molecule has 0 radical (unpaired) electrons. The number of hydrogen-bond acceptors (Lipinski definition) is 1. The summed E-state index contributed by atoms with van der Waals surface area (Å²) in [6.45, 7) is 2.16. The molecule has 0 spiro atoms. The monoisotopic (exact) mass is 434 g/mol. The molecule has 1 aromatic heterocycles. The van der Waals surface area contributed by atoms with Crippen LogP contribution in [0.4, 0.5) is 0 Å². The number of fused-ring (bicyclic) bond motifs is 6. The summed E-state index contributed by atoms with van der Waals surface area (Å²) < 4.78 is 6.27. The molecule has 0 fully saturated rings. The normalized spacial score (nSPS) is 11.7. The van der Waals surface area contributed by atoms with Gasteiger partial charge in [-0.2, -0.15) is 0 Å². The third-order valence-corrected chi connectivity index (χ3v) is 6.93. The first-order valence-electron chi connectivity index (χ1n) is 11.7. The standard InChI is InChI=1S/C33H22O/c1-21-13-18-27-25-8-3-2-7-24(25)20-30(31(27)19-21)23-16-14-22(15-17-23)26-10-6-11-29-28-9-4-5-12-32(28)34-33(26)29/h2-20H,1H3. The van der Waals surface area contributed by atoms with Crippen molar-refractivity contribution in [2.75, 3.05) is 0 Å². The predicted octanol–water partition coefficient (Wildman–Crippen LogP) is 9.53. The molecule has 0 unspecified atom stereocenters. The summed E-state index contributed by atoms with van der Waals surface area (Å²) >= 11 is 0. The van der Waals surface area contributed by atoms with Gasteiger partial charge in [-0.1, -0.05) is 109 Å². The number of furan rings is 1. The van der Waals surface area contributed by atoms with E-state index in [0.29, 0.717) is 0 Å². The van der Waals surface area contributed by atoms with Gasteiger partial charge in [-0.3, -0.25) is 0 Å². The lowest BCUT2D eigenvalue weighted by Crippen LogP contribution is -1.86. The van der Waals surface area contributed by atoms with Gasteiger partial charge in [-0.25, -0.2) is 0 Å². The Labute approximate surface area is 197 Å². The van der Waals surface area contributed by atoms with E-state index in [0.717, 1.165) is 33.1 Å². The minimum absolute atomic E-state index is 0.930. The van der Waals surface area contributed by atoms with Gasteiger partial charge in [-0.05, 0) is 57.3 Å². The number of aryl methyl sites for hydroxylation is 1. The van der Waals surface area contributed by atoms with Crippen molar-refractivity contribution >= 4 is 43.5 Å². The molecule has 0 bridgehead atoms. The fourth-order valence-electron chi connectivity index (χ4n) is 5.26. The van der Waals surface area contributed by atoms with Crippen LogP contribution in [0.15, 0.2) is 120 Å². The van der Waals surface area contributed by atoms with E-state index in [4.69, 9.17) is 4.42 Å². The van der Waals surface area contributed by atoms with Crippen LogP contribution in [0.2, 0.25) is 0 Å². The van der Waals surface area contributed by atoms with E-state index in [9.17, 15) is 0 Å². The van der Waals surface area contributed by atoms with E-state index < -0.39 is 0 Å². The molecule has 0 aliphatic heterocycles. The van der Waals surface area contributed by atoms with Crippen molar-refractivity contribution in [3.8, 4) is 22.3 Å². The number of benzene rings is 6. The second-order valence-electron chi connectivity index (χ2n) is 9.05. The Morgan fingerprint density at radius 3 is 2.03 bits per heavy atom. The SMILES string of the molecule is Cc1ccc2c(c1)c(-c1ccc(-c3cccc4c3oc3ccccc34)cc1)cc1ccccc12. The maximum atomic E-state index is 6.27. The van der Waals surface area contributed by atoms with Gasteiger partial charge >= 0.3 is 0 Å². The number of hydrogen-bond donors (Lipinski definition) is 0. The summed E-state index contributed by atoms with van der Waals surface area (Å²) in [5.74, 6) is 0. The second kappa shape index (κ2) is 7.33. The maximum absolute atomic E-state index is 6.27. The van der Waals surface area contributed by atoms with E-state index in [1.54, 1.807) is 0 Å². The van der Waals surface area contributed by atoms with Crippen molar-refractivity contribution in [1.29, 1.82) is 0 Å². The lowest BCUT2D eigenvalue weighted by Gasteiger charge is -2.12. The molecular formula is C33H22O. The van der Waals surface area contributed by atoms with Gasteiger partial charge in [-0.15, -0.1) is 0 Å². The Bertz CT molecular complexity index is 1850. The Kier molecular flexibility index (Phi) is 4.13. The van der Waals surface area contributed by atoms with Gasteiger partial charge in [0, 0.05) is 16.3 Å². The van der Waals surface area contributed by atoms with Gasteiger partial charge in [0.25, 0.3) is 0 Å². The summed E-state index contributed by atoms with van der Waals surface area (Å²) in [4.78, 5) is 0. The largest absolute Gasteiger partial charge is 0.455 e. The average Bonchev–Trinajstić information content (AvgIpc) is 3.27. The summed E-state index contributed by atoms with van der Waals surface area (Å²) in [7, 11) is 0. The Morgan fingerprint density at radius 2 is 1.18 bits per heavy atom. The molecule has 6 aromatic carbocycles. The van der Waals surface area contributed by atoms with Gasteiger partial charge in [0.05, 0.1) is 0 Å². The van der Waals surface area contributed by atoms with E-state index in [1.165, 1.54) is 38.2 Å². The smallest absolute Gasteiger partial charge is 0.143 e. The molecule has 0 aliphatic carbocycles. The van der Waals surface area contributed by atoms with E-state index in [2.05, 4.69) is 110 Å². The molecular weight excluding hydrogens is 412 g/mol. The lowest BCUT2D eigenvalue weighted by atomic mass is 9.91. The van der Waals surface area contributed by atoms with Crippen LogP contribution in [0.5, 0.6) is 0 Å². The minimum Gasteiger partial charge on any atom is -0.455 e. The molecule has 0 aliphatic rings. The molecule has 0 amide bonds. The first kappa shape index (κ1) is 19.1. The van der Waals surface area contributed by atoms with Gasteiger partial charge in [0.2, 0.25) is 0 Å². The van der Waals surface area contributed by atoms with Crippen LogP contribution in [-0.2, 0) is 0 Å². The summed E-state index contributed by atoms with van der Waals surface area (Å²) in [5.41, 5.74) is 7.93. The first-order chi connectivity index (χ1) is 16.8. The Morgan fingerprint density at radius 1 is 0.471 bits per heavy atom. The first-order valence-corrected chi connectivity index (χ1v) is 11.7. The second-order valence-corrected chi connectivity index (χ2v) is 9.05. The van der Waals surface area contributed by atoms with Crippen molar-refractivity contribution < 1.29 is 4.42 Å². The number of para-hydroxylation sites is 2. The van der Waals surface area contributed by atoms with Gasteiger partial charge in [0.15, 0.2) is 0 Å². The van der Waals surface area contributed by atoms with Crippen LogP contribution in [0.25, 0.3) is 65.7 Å². The molecule has 34 heavy (non-hydrogen) atoms. The molecule has 1 heteroatoms. The summed E-state index contributed by atoms with van der Waals surface area (Å²) in [6.07, 6.45) is 0. The van der Waals surface area contributed by atoms with Crippen LogP contribution >= 0.6 is 0 Å². The summed E-state index contributed by atoms with van der Waals surface area (Å²) in [5, 5.41) is 7.49. The fourth-order valence-corrected chi connectivity index (χ4v) is 5.26. The zero-order valence-electron chi connectivity index (χ0n) is 18.9. The topological polar surface area (TPSA) is 13.1 Å². The zero-order valence-corrected chi connectivity index (χ0v) is 18.9. The molecule has 160 valence electrons. The highest BCUT2D eigenvalue weighted by Gasteiger charge is 2.13. The van der Waals surface area contributed by atoms with Crippen LogP contribution in [-0.4, -0.2) is 0 Å². The lowest BCUT2D eigenvalue weighted by molar-refractivity contribution is 0.670. The van der Waals surface area contributed by atoms with Gasteiger partial charge in [0.1, 0.15) is 11.2 Å². The highest BCUT2D eigenvalue weighted by atomic mass is 16.3. The van der Waals surface area contributed by atoms with E-state index in [1.807, 2.05) is 12.1 Å². The third kappa shape index (κ3) is 2.87. The molecule has 0 N–H and O–H groups in total. The van der Waals surface area contributed by atoms with Crippen molar-refractivity contribution in [3.63, 3.8) is 0 Å². The molecule has 0 saturated heterocycles. The fraction of sp³-hybridized carbons (Fsp3) is 0.0303. The van der Waals surface area contributed by atoms with E-state index >= 15 is 0 Å². The summed E-state index contributed by atoms with van der Waals surface area (Å²) in [6, 6.07) is 41.3. The van der Waals surface area contributed by atoms with Gasteiger partial charge < -0.3 is 4.42 Å². The van der Waals surface area contributed by atoms with Crippen molar-refractivity contribution in [2.45, 2.75) is 6.92 Å². The molecule has 0 saturated carbocycles. The van der Waals surface area contributed by atoms with Crippen LogP contribution in [0, 0.1) is 6.92 Å². The van der Waals surface area contributed by atoms with Crippen LogP contribution in [0.3, 0.4) is 0 Å². The highest BCUT2D eigenvalue weighted by Crippen LogP contribution is 2.38. The number of rotatable bonds is 2. The van der Waals surface area contributed by atoms with Crippen LogP contribution in [0.1, 0.15) is 5.56 Å². The van der Waals surface area contributed by atoms with E-state index in [-0.39, 0.29) is 0 Å². The Hall–Kier alpha value is -4.36. The quantitative estimate of drug-likeness (QED) is 0.247. The minimum atomic E-state index is 0.930. The zero-order chi connectivity index (χ0) is 22.6. The average molecular weight is 435 g/mol. The van der Waals surface area contributed by atoms with Crippen molar-refractivity contribution in [1.82, 2.24) is 0 Å². The maximum Gasteiger partial charge on any atom is 0.143 e. The molecule has 7 rings (SSSR count). The molecule has 1 heterocycles. The third-order valence-electron chi connectivity index (χ3n) is 6.93.